The summed E-state index contributed by atoms with van der Waals surface area (Å²) in [5, 5.41) is 3.04. The largest absolute Gasteiger partial charge is 0.486 e. The smallest absolute Gasteiger partial charge is 0.212 e. The molecule has 120 valence electrons. The first-order valence-electron chi connectivity index (χ1n) is 7.76. The average Bonchev–Trinajstić information content (AvgIpc) is 2.98. The maximum absolute atomic E-state index is 5.97. The van der Waals surface area contributed by atoms with Crippen molar-refractivity contribution in [3.8, 4) is 11.5 Å². The van der Waals surface area contributed by atoms with E-state index in [0.717, 1.165) is 28.1 Å². The van der Waals surface area contributed by atoms with Crippen LogP contribution in [0.5, 0.6) is 11.5 Å². The van der Waals surface area contributed by atoms with Crippen molar-refractivity contribution in [1.29, 1.82) is 0 Å². The van der Waals surface area contributed by atoms with Crippen molar-refractivity contribution in [3.63, 3.8) is 0 Å². The van der Waals surface area contributed by atoms with E-state index in [1.807, 2.05) is 47.0 Å². The Bertz CT molecular complexity index is 978. The summed E-state index contributed by atoms with van der Waals surface area (Å²) in [6.07, 6.45) is -0.301. The van der Waals surface area contributed by atoms with Crippen molar-refractivity contribution >= 4 is 22.9 Å². The van der Waals surface area contributed by atoms with Crippen LogP contribution in [0.3, 0.4) is 0 Å². The number of imidazole rings is 1. The van der Waals surface area contributed by atoms with E-state index in [9.17, 15) is 0 Å². The van der Waals surface area contributed by atoms with Crippen molar-refractivity contribution in [2.45, 2.75) is 6.17 Å². The molecule has 3 aromatic rings. The molecule has 0 amide bonds. The topological polar surface area (TPSA) is 86.7 Å². The van der Waals surface area contributed by atoms with E-state index < -0.39 is 0 Å². The van der Waals surface area contributed by atoms with Crippen LogP contribution < -0.4 is 20.5 Å². The molecule has 3 N–H and O–H groups in total. The van der Waals surface area contributed by atoms with E-state index in [2.05, 4.69) is 15.3 Å². The normalized spacial score (nSPS) is 18.7. The number of nitrogens with one attached hydrogen (secondary N) is 1. The number of ether oxygens (including phenoxy) is 2. The summed E-state index contributed by atoms with van der Waals surface area (Å²) in [6, 6.07) is 13.8. The lowest BCUT2D eigenvalue weighted by atomic mass is 10.1. The monoisotopic (exact) mass is 321 g/mol. The van der Waals surface area contributed by atoms with Crippen LogP contribution in [0.2, 0.25) is 0 Å². The predicted octanol–water partition coefficient (Wildman–Crippen LogP) is 2.09. The van der Waals surface area contributed by atoms with Gasteiger partial charge in [0.15, 0.2) is 23.6 Å². The maximum atomic E-state index is 5.97. The van der Waals surface area contributed by atoms with Crippen LogP contribution in [0.4, 0.5) is 5.95 Å². The number of benzene rings is 2. The zero-order chi connectivity index (χ0) is 16.1. The highest BCUT2D eigenvalue weighted by Crippen LogP contribution is 2.37. The van der Waals surface area contributed by atoms with Crippen molar-refractivity contribution in [1.82, 2.24) is 9.55 Å². The maximum Gasteiger partial charge on any atom is 0.212 e. The molecule has 2 aromatic carbocycles. The van der Waals surface area contributed by atoms with Gasteiger partial charge < -0.3 is 15.2 Å². The summed E-state index contributed by atoms with van der Waals surface area (Å²) in [6.45, 7) is 1.12. The lowest BCUT2D eigenvalue weighted by Crippen LogP contribution is -2.31. The van der Waals surface area contributed by atoms with Gasteiger partial charge in [0, 0.05) is 5.56 Å². The predicted molar refractivity (Wildman–Crippen MR) is 90.5 cm³/mol. The number of aliphatic imine (C=N–C) groups is 1. The van der Waals surface area contributed by atoms with Gasteiger partial charge in [0.25, 0.3) is 0 Å². The van der Waals surface area contributed by atoms with E-state index in [4.69, 9.17) is 15.2 Å². The number of para-hydroxylation sites is 2. The number of fused-ring (bicyclic) bond motifs is 4. The standard InChI is InChI=1S/C17H15N5O2/c18-16-20-15(10-5-6-13-14(9-10)24-8-7-23-13)22-12-4-2-1-3-11(12)19-17(22)21-16/h1-6,9,15H,7-8H2,(H3,18,19,20,21). The molecule has 0 fully saturated rings. The number of nitrogens with two attached hydrogens (primary N) is 1. The number of aromatic nitrogens is 2. The van der Waals surface area contributed by atoms with Gasteiger partial charge in [-0.2, -0.15) is 0 Å². The van der Waals surface area contributed by atoms with Gasteiger partial charge in [-0.05, 0) is 24.3 Å². The van der Waals surface area contributed by atoms with Gasteiger partial charge in [0.1, 0.15) is 13.2 Å². The molecule has 0 saturated carbocycles. The molecule has 1 unspecified atom stereocenters. The van der Waals surface area contributed by atoms with Crippen LogP contribution in [-0.2, 0) is 0 Å². The first-order valence-corrected chi connectivity index (χ1v) is 7.76. The minimum Gasteiger partial charge on any atom is -0.486 e. The van der Waals surface area contributed by atoms with Gasteiger partial charge in [0.2, 0.25) is 5.95 Å². The summed E-state index contributed by atoms with van der Waals surface area (Å²) in [4.78, 5) is 9.18. The number of guanidine groups is 1. The molecular weight excluding hydrogens is 306 g/mol. The third kappa shape index (κ3) is 1.91. The highest BCUT2D eigenvalue weighted by molar-refractivity contribution is 5.94. The molecule has 2 aliphatic rings. The summed E-state index contributed by atoms with van der Waals surface area (Å²) in [7, 11) is 0. The van der Waals surface area contributed by atoms with E-state index >= 15 is 0 Å². The Labute approximate surface area is 137 Å². The Morgan fingerprint density at radius 1 is 1.08 bits per heavy atom. The molecule has 0 saturated heterocycles. The number of hydrogen-bond acceptors (Lipinski definition) is 6. The Morgan fingerprint density at radius 3 is 2.83 bits per heavy atom. The molecule has 2 aliphatic heterocycles. The molecule has 1 aromatic heterocycles. The van der Waals surface area contributed by atoms with Crippen LogP contribution >= 0.6 is 0 Å². The van der Waals surface area contributed by atoms with Crippen LogP contribution in [0, 0.1) is 0 Å². The summed E-state index contributed by atoms with van der Waals surface area (Å²) < 4.78 is 13.3. The molecule has 0 radical (unpaired) electrons. The second kappa shape index (κ2) is 4.89. The van der Waals surface area contributed by atoms with Crippen LogP contribution in [0.15, 0.2) is 47.5 Å². The number of rotatable bonds is 1. The van der Waals surface area contributed by atoms with Gasteiger partial charge >= 0.3 is 0 Å². The van der Waals surface area contributed by atoms with Crippen molar-refractivity contribution < 1.29 is 9.47 Å². The molecular formula is C17H15N5O2. The lowest BCUT2D eigenvalue weighted by molar-refractivity contribution is 0.171. The molecule has 0 aliphatic carbocycles. The molecule has 3 heterocycles. The molecule has 1 atom stereocenters. The first kappa shape index (κ1) is 13.2. The molecule has 0 spiro atoms. The molecule has 7 heteroatoms. The SMILES string of the molecule is NC1=NC(c2ccc3c(c2)OCCO3)n2c(nc3ccccc32)N1. The van der Waals surface area contributed by atoms with E-state index in [1.165, 1.54) is 0 Å². The molecule has 24 heavy (non-hydrogen) atoms. The second-order valence-corrected chi connectivity index (χ2v) is 5.71. The third-order valence-corrected chi connectivity index (χ3v) is 4.21. The average molecular weight is 321 g/mol. The van der Waals surface area contributed by atoms with E-state index in [0.29, 0.717) is 25.1 Å². The fraction of sp³-hybridized carbons (Fsp3) is 0.176. The summed E-state index contributed by atoms with van der Waals surface area (Å²) >= 11 is 0. The van der Waals surface area contributed by atoms with Crippen LogP contribution in [0.25, 0.3) is 11.0 Å². The Balaban J connectivity index is 1.69. The Morgan fingerprint density at radius 2 is 1.92 bits per heavy atom. The number of nitrogens with zero attached hydrogens (tertiary/aromatic N) is 3. The lowest BCUT2D eigenvalue weighted by Gasteiger charge is -2.25. The highest BCUT2D eigenvalue weighted by Gasteiger charge is 2.26. The first-order chi connectivity index (χ1) is 11.8. The van der Waals surface area contributed by atoms with Crippen LogP contribution in [0.1, 0.15) is 11.7 Å². The van der Waals surface area contributed by atoms with Gasteiger partial charge in [0.05, 0.1) is 11.0 Å². The third-order valence-electron chi connectivity index (χ3n) is 4.21. The van der Waals surface area contributed by atoms with Crippen molar-refractivity contribution in [2.24, 2.45) is 10.7 Å². The highest BCUT2D eigenvalue weighted by atomic mass is 16.6. The van der Waals surface area contributed by atoms with Gasteiger partial charge in [-0.1, -0.05) is 18.2 Å². The van der Waals surface area contributed by atoms with Gasteiger partial charge in [-0.3, -0.25) is 9.88 Å². The minimum absolute atomic E-state index is 0.301. The minimum atomic E-state index is -0.301. The second-order valence-electron chi connectivity index (χ2n) is 5.71. The Hall–Kier alpha value is -3.22. The van der Waals surface area contributed by atoms with E-state index in [1.54, 1.807) is 0 Å². The molecule has 0 bridgehead atoms. The zero-order valence-corrected chi connectivity index (χ0v) is 12.8. The van der Waals surface area contributed by atoms with Gasteiger partial charge in [-0.25, -0.2) is 9.98 Å². The van der Waals surface area contributed by atoms with E-state index in [-0.39, 0.29) is 6.17 Å². The number of anilines is 1. The summed E-state index contributed by atoms with van der Waals surface area (Å²) in [5.74, 6) is 2.52. The van der Waals surface area contributed by atoms with Crippen molar-refractivity contribution in [2.75, 3.05) is 18.5 Å². The molecule has 7 nitrogen and oxygen atoms in total. The quantitative estimate of drug-likeness (QED) is 0.717. The fourth-order valence-corrected chi connectivity index (χ4v) is 3.16. The summed E-state index contributed by atoms with van der Waals surface area (Å²) in [5.41, 5.74) is 8.82. The van der Waals surface area contributed by atoms with Crippen molar-refractivity contribution in [3.05, 3.63) is 48.0 Å². The van der Waals surface area contributed by atoms with Gasteiger partial charge in [-0.15, -0.1) is 0 Å². The number of hydrogen-bond donors (Lipinski definition) is 2. The fourth-order valence-electron chi connectivity index (χ4n) is 3.16. The van der Waals surface area contributed by atoms with Crippen LogP contribution in [-0.4, -0.2) is 28.7 Å². The Kier molecular flexibility index (Phi) is 2.70. The molecule has 5 rings (SSSR count). The zero-order valence-electron chi connectivity index (χ0n) is 12.8.